The van der Waals surface area contributed by atoms with Crippen molar-refractivity contribution in [3.05, 3.63) is 62.9 Å². The molecule has 0 fully saturated rings. The Morgan fingerprint density at radius 1 is 1.11 bits per heavy atom. The van der Waals surface area contributed by atoms with Crippen LogP contribution in [0.5, 0.6) is 0 Å². The van der Waals surface area contributed by atoms with Crippen LogP contribution in [0.4, 0.5) is 21.9 Å². The molecule has 140 valence electrons. The van der Waals surface area contributed by atoms with Crippen molar-refractivity contribution in [3.8, 4) is 0 Å². The number of carbonyl (C=O) groups excluding carboxylic acids is 1. The van der Waals surface area contributed by atoms with E-state index in [0.29, 0.717) is 23.5 Å². The Labute approximate surface area is 165 Å². The molecule has 0 saturated carbocycles. The van der Waals surface area contributed by atoms with Crippen molar-refractivity contribution in [2.75, 3.05) is 22.5 Å². The van der Waals surface area contributed by atoms with Gasteiger partial charge in [-0.2, -0.15) is 0 Å². The average molecular weight is 430 g/mol. The van der Waals surface area contributed by atoms with E-state index in [1.165, 1.54) is 0 Å². The molecule has 0 unspecified atom stereocenters. The first-order valence-corrected chi connectivity index (χ1v) is 9.42. The summed E-state index contributed by atoms with van der Waals surface area (Å²) in [6, 6.07) is 12.2. The number of aryl methyl sites for hydroxylation is 1. The highest BCUT2D eigenvalue weighted by Crippen LogP contribution is 2.29. The summed E-state index contributed by atoms with van der Waals surface area (Å²) in [5.74, 6) is 0. The molecule has 0 radical (unpaired) electrons. The number of hydrogen-bond acceptors (Lipinski definition) is 4. The van der Waals surface area contributed by atoms with Crippen molar-refractivity contribution < 1.29 is 9.21 Å². The predicted molar refractivity (Wildman–Crippen MR) is 113 cm³/mol. The lowest BCUT2D eigenvalue weighted by Crippen LogP contribution is -2.24. The molecule has 1 heterocycles. The van der Waals surface area contributed by atoms with E-state index in [2.05, 4.69) is 31.9 Å². The van der Waals surface area contributed by atoms with Gasteiger partial charge in [0.1, 0.15) is 5.58 Å². The fourth-order valence-corrected chi connectivity index (χ4v) is 2.94. The molecular weight excluding hydrogens is 410 g/mol. The molecule has 0 aliphatic carbocycles. The minimum atomic E-state index is -0.602. The summed E-state index contributed by atoms with van der Waals surface area (Å²) in [6.45, 7) is 4.61. The number of fused-ring (bicyclic) bond motifs is 1. The van der Waals surface area contributed by atoms with Gasteiger partial charge in [0.15, 0.2) is 5.69 Å². The van der Waals surface area contributed by atoms with Gasteiger partial charge in [0.2, 0.25) is 0 Å². The fraction of sp³-hybridized carbons (Fsp3) is 0.200. The zero-order valence-corrected chi connectivity index (χ0v) is 16.6. The first-order chi connectivity index (χ1) is 13.0. The maximum atomic E-state index is 12.5. The van der Waals surface area contributed by atoms with E-state index in [9.17, 15) is 9.59 Å². The third-order valence-electron chi connectivity index (χ3n) is 4.02. The van der Waals surface area contributed by atoms with Crippen LogP contribution in [0.3, 0.4) is 0 Å². The van der Waals surface area contributed by atoms with Crippen molar-refractivity contribution >= 4 is 50.0 Å². The minimum absolute atomic E-state index is 0.0912. The fourth-order valence-electron chi connectivity index (χ4n) is 2.70. The zero-order valence-electron chi connectivity index (χ0n) is 15.1. The van der Waals surface area contributed by atoms with Gasteiger partial charge in [0.25, 0.3) is 0 Å². The molecule has 0 spiro atoms. The standard InChI is InChI=1S/C20H20BrN3O3/c1-3-10-22-17-14-6-4-5-7-16(14)27-19(25)18(17)24-20(26)23-13-8-9-15(21)12(2)11-13/h4-9,11,22H,3,10H2,1-2H3,(H2,23,24,26). The van der Waals surface area contributed by atoms with E-state index in [1.807, 2.05) is 38.1 Å². The Morgan fingerprint density at radius 3 is 2.63 bits per heavy atom. The summed E-state index contributed by atoms with van der Waals surface area (Å²) in [5.41, 5.74) is 2.13. The number of anilines is 3. The van der Waals surface area contributed by atoms with E-state index in [0.717, 1.165) is 21.8 Å². The third-order valence-corrected chi connectivity index (χ3v) is 4.91. The smallest absolute Gasteiger partial charge is 0.362 e. The van der Waals surface area contributed by atoms with Gasteiger partial charge < -0.3 is 15.1 Å². The molecule has 1 aromatic heterocycles. The molecule has 7 heteroatoms. The van der Waals surface area contributed by atoms with E-state index in [4.69, 9.17) is 4.42 Å². The maximum Gasteiger partial charge on any atom is 0.362 e. The van der Waals surface area contributed by atoms with Crippen LogP contribution >= 0.6 is 15.9 Å². The van der Waals surface area contributed by atoms with E-state index >= 15 is 0 Å². The number of nitrogens with one attached hydrogen (secondary N) is 3. The molecule has 3 rings (SSSR count). The Morgan fingerprint density at radius 2 is 1.89 bits per heavy atom. The van der Waals surface area contributed by atoms with Gasteiger partial charge in [0, 0.05) is 22.1 Å². The zero-order chi connectivity index (χ0) is 19.4. The first kappa shape index (κ1) is 19.0. The molecule has 2 amide bonds. The summed E-state index contributed by atoms with van der Waals surface area (Å²) in [4.78, 5) is 24.9. The summed E-state index contributed by atoms with van der Waals surface area (Å²) in [7, 11) is 0. The molecule has 0 atom stereocenters. The highest BCUT2D eigenvalue weighted by molar-refractivity contribution is 9.10. The van der Waals surface area contributed by atoms with Gasteiger partial charge in [0.05, 0.1) is 5.69 Å². The molecule has 6 nitrogen and oxygen atoms in total. The lowest BCUT2D eigenvalue weighted by atomic mass is 10.2. The van der Waals surface area contributed by atoms with Gasteiger partial charge in [-0.15, -0.1) is 0 Å². The molecular formula is C20H20BrN3O3. The molecule has 2 aromatic carbocycles. The number of amides is 2. The average Bonchev–Trinajstić information content (AvgIpc) is 2.64. The van der Waals surface area contributed by atoms with Crippen molar-refractivity contribution in [1.29, 1.82) is 0 Å². The van der Waals surface area contributed by atoms with Crippen LogP contribution in [0, 0.1) is 6.92 Å². The number of para-hydroxylation sites is 1. The molecule has 0 saturated heterocycles. The van der Waals surface area contributed by atoms with Crippen LogP contribution in [-0.4, -0.2) is 12.6 Å². The van der Waals surface area contributed by atoms with E-state index < -0.39 is 11.7 Å². The Hall–Kier alpha value is -2.80. The second kappa shape index (κ2) is 8.26. The summed E-state index contributed by atoms with van der Waals surface area (Å²) < 4.78 is 6.31. The van der Waals surface area contributed by atoms with Crippen LogP contribution in [-0.2, 0) is 0 Å². The van der Waals surface area contributed by atoms with E-state index in [1.54, 1.807) is 18.2 Å². The van der Waals surface area contributed by atoms with Gasteiger partial charge in [-0.3, -0.25) is 5.32 Å². The number of benzene rings is 2. The molecule has 27 heavy (non-hydrogen) atoms. The molecule has 3 N–H and O–H groups in total. The summed E-state index contributed by atoms with van der Waals surface area (Å²) in [5, 5.41) is 9.33. The van der Waals surface area contributed by atoms with Crippen LogP contribution in [0.25, 0.3) is 11.0 Å². The number of hydrogen-bond donors (Lipinski definition) is 3. The van der Waals surface area contributed by atoms with Crippen LogP contribution in [0.1, 0.15) is 18.9 Å². The number of carbonyl (C=O) groups is 1. The van der Waals surface area contributed by atoms with Crippen molar-refractivity contribution in [2.24, 2.45) is 0 Å². The minimum Gasteiger partial charge on any atom is -0.421 e. The second-order valence-electron chi connectivity index (χ2n) is 6.11. The van der Waals surface area contributed by atoms with Gasteiger partial charge in [-0.05, 0) is 49.2 Å². The Balaban J connectivity index is 1.92. The van der Waals surface area contributed by atoms with Crippen molar-refractivity contribution in [2.45, 2.75) is 20.3 Å². The Bertz CT molecular complexity index is 1050. The molecule has 0 aliphatic heterocycles. The number of rotatable bonds is 5. The van der Waals surface area contributed by atoms with Gasteiger partial charge in [-0.25, -0.2) is 9.59 Å². The lowest BCUT2D eigenvalue weighted by molar-refractivity contribution is 0.262. The molecule has 3 aromatic rings. The van der Waals surface area contributed by atoms with Gasteiger partial charge in [-0.1, -0.05) is 35.0 Å². The summed E-state index contributed by atoms with van der Waals surface area (Å²) in [6.07, 6.45) is 0.873. The monoisotopic (exact) mass is 429 g/mol. The summed E-state index contributed by atoms with van der Waals surface area (Å²) >= 11 is 3.43. The Kier molecular flexibility index (Phi) is 5.81. The maximum absolute atomic E-state index is 12.5. The van der Waals surface area contributed by atoms with Crippen LogP contribution in [0.15, 0.2) is 56.1 Å². The van der Waals surface area contributed by atoms with Crippen molar-refractivity contribution in [3.63, 3.8) is 0 Å². The highest BCUT2D eigenvalue weighted by atomic mass is 79.9. The van der Waals surface area contributed by atoms with E-state index in [-0.39, 0.29) is 5.69 Å². The van der Waals surface area contributed by atoms with Crippen LogP contribution in [0.2, 0.25) is 0 Å². The largest absolute Gasteiger partial charge is 0.421 e. The quantitative estimate of drug-likeness (QED) is 0.478. The predicted octanol–water partition coefficient (Wildman–Crippen LogP) is 5.33. The number of urea groups is 1. The number of halogens is 1. The SMILES string of the molecule is CCCNc1c(NC(=O)Nc2ccc(Br)c(C)c2)c(=O)oc2ccccc12. The topological polar surface area (TPSA) is 83.4 Å². The highest BCUT2D eigenvalue weighted by Gasteiger charge is 2.17. The second-order valence-corrected chi connectivity index (χ2v) is 6.96. The van der Waals surface area contributed by atoms with Crippen LogP contribution < -0.4 is 21.6 Å². The molecule has 0 aliphatic rings. The normalized spacial score (nSPS) is 10.6. The third kappa shape index (κ3) is 4.31. The molecule has 0 bridgehead atoms. The first-order valence-electron chi connectivity index (χ1n) is 8.63. The van der Waals surface area contributed by atoms with Crippen molar-refractivity contribution in [1.82, 2.24) is 0 Å². The lowest BCUT2D eigenvalue weighted by Gasteiger charge is -2.14. The van der Waals surface area contributed by atoms with Gasteiger partial charge >= 0.3 is 11.7 Å².